The number of thiazole rings is 1. The maximum absolute atomic E-state index is 12.8. The molecule has 31 heavy (non-hydrogen) atoms. The second kappa shape index (κ2) is 9.61. The number of nitrogens with one attached hydrogen (secondary N) is 2. The van der Waals surface area contributed by atoms with E-state index in [1.165, 1.54) is 19.4 Å². The van der Waals surface area contributed by atoms with Gasteiger partial charge in [-0.05, 0) is 35.9 Å². The Morgan fingerprint density at radius 1 is 1.13 bits per heavy atom. The summed E-state index contributed by atoms with van der Waals surface area (Å²) < 4.78 is 43.5. The van der Waals surface area contributed by atoms with E-state index in [1.807, 2.05) is 0 Å². The van der Waals surface area contributed by atoms with Crippen LogP contribution in [0, 0.1) is 0 Å². The summed E-state index contributed by atoms with van der Waals surface area (Å²) in [5, 5.41) is 5.36. The zero-order valence-corrected chi connectivity index (χ0v) is 17.1. The van der Waals surface area contributed by atoms with Gasteiger partial charge >= 0.3 is 6.18 Å². The maximum atomic E-state index is 12.8. The number of rotatable bonds is 7. The SMILES string of the molecule is COc1ccc(C(=O)NCC(=O)Nc2ncc(Cc3cccc(C(F)(F)F)c3)s2)cc1. The molecule has 2 aromatic carbocycles. The van der Waals surface area contributed by atoms with Gasteiger partial charge in [-0.15, -0.1) is 11.3 Å². The first-order valence-corrected chi connectivity index (χ1v) is 9.89. The van der Waals surface area contributed by atoms with E-state index in [-0.39, 0.29) is 13.0 Å². The van der Waals surface area contributed by atoms with Gasteiger partial charge in [-0.25, -0.2) is 4.98 Å². The van der Waals surface area contributed by atoms with Crippen molar-refractivity contribution in [2.45, 2.75) is 12.6 Å². The molecule has 0 spiro atoms. The Morgan fingerprint density at radius 2 is 1.87 bits per heavy atom. The number of alkyl halides is 3. The third-order valence-electron chi connectivity index (χ3n) is 4.19. The number of methoxy groups -OCH3 is 1. The minimum atomic E-state index is -4.40. The smallest absolute Gasteiger partial charge is 0.416 e. The van der Waals surface area contributed by atoms with E-state index in [1.54, 1.807) is 30.3 Å². The highest BCUT2D eigenvalue weighted by molar-refractivity contribution is 7.15. The average molecular weight is 449 g/mol. The van der Waals surface area contributed by atoms with E-state index in [2.05, 4.69) is 15.6 Å². The number of halogens is 3. The van der Waals surface area contributed by atoms with Crippen LogP contribution < -0.4 is 15.4 Å². The van der Waals surface area contributed by atoms with Crippen molar-refractivity contribution < 1.29 is 27.5 Å². The molecule has 0 saturated carbocycles. The van der Waals surface area contributed by atoms with Gasteiger partial charge in [-0.2, -0.15) is 13.2 Å². The van der Waals surface area contributed by atoms with Gasteiger partial charge < -0.3 is 15.4 Å². The predicted molar refractivity (Wildman–Crippen MR) is 110 cm³/mol. The zero-order valence-electron chi connectivity index (χ0n) is 16.3. The molecule has 0 fully saturated rings. The lowest BCUT2D eigenvalue weighted by molar-refractivity contribution is -0.137. The van der Waals surface area contributed by atoms with Gasteiger partial charge in [0.2, 0.25) is 5.91 Å². The largest absolute Gasteiger partial charge is 0.497 e. The fraction of sp³-hybridized carbons (Fsp3) is 0.190. The van der Waals surface area contributed by atoms with Gasteiger partial charge in [0.05, 0.1) is 19.2 Å². The first-order chi connectivity index (χ1) is 14.7. The Labute approximate surface area is 180 Å². The zero-order chi connectivity index (χ0) is 22.4. The topological polar surface area (TPSA) is 80.3 Å². The number of hydrogen-bond acceptors (Lipinski definition) is 5. The van der Waals surface area contributed by atoms with Crippen molar-refractivity contribution in [3.63, 3.8) is 0 Å². The molecule has 3 rings (SSSR count). The lowest BCUT2D eigenvalue weighted by Crippen LogP contribution is -2.32. The summed E-state index contributed by atoms with van der Waals surface area (Å²) in [6.07, 6.45) is -2.65. The van der Waals surface area contributed by atoms with E-state index < -0.39 is 23.6 Å². The molecule has 10 heteroatoms. The van der Waals surface area contributed by atoms with Crippen LogP contribution in [0.5, 0.6) is 5.75 Å². The number of aromatic nitrogens is 1. The summed E-state index contributed by atoms with van der Waals surface area (Å²) in [5.41, 5.74) is 0.157. The van der Waals surface area contributed by atoms with E-state index >= 15 is 0 Å². The number of nitrogens with zero attached hydrogens (tertiary/aromatic N) is 1. The molecule has 0 radical (unpaired) electrons. The van der Waals surface area contributed by atoms with Crippen LogP contribution in [0.25, 0.3) is 0 Å². The summed E-state index contributed by atoms with van der Waals surface area (Å²) >= 11 is 1.15. The van der Waals surface area contributed by atoms with Crippen molar-refractivity contribution in [1.29, 1.82) is 0 Å². The highest BCUT2D eigenvalue weighted by Crippen LogP contribution is 2.30. The number of amides is 2. The number of carbonyl (C=O) groups excluding carboxylic acids is 2. The van der Waals surface area contributed by atoms with Crippen molar-refractivity contribution in [3.8, 4) is 5.75 Å². The molecule has 0 saturated heterocycles. The van der Waals surface area contributed by atoms with Gasteiger partial charge in [0.1, 0.15) is 5.75 Å². The molecule has 0 bridgehead atoms. The standard InChI is InChI=1S/C21H18F3N3O3S/c1-30-16-7-5-14(6-8-16)19(29)25-12-18(28)27-20-26-11-17(31-20)10-13-3-2-4-15(9-13)21(22,23)24/h2-9,11H,10,12H2,1H3,(H,25,29)(H,26,27,28). The Balaban J connectivity index is 1.52. The van der Waals surface area contributed by atoms with Crippen LogP contribution in [0.1, 0.15) is 26.4 Å². The summed E-state index contributed by atoms with van der Waals surface area (Å²) in [6, 6.07) is 11.5. The highest BCUT2D eigenvalue weighted by Gasteiger charge is 2.30. The third kappa shape index (κ3) is 6.29. The molecule has 1 heterocycles. The van der Waals surface area contributed by atoms with Crippen LogP contribution in [0.15, 0.2) is 54.7 Å². The van der Waals surface area contributed by atoms with Crippen molar-refractivity contribution in [1.82, 2.24) is 10.3 Å². The second-order valence-corrected chi connectivity index (χ2v) is 7.58. The molecule has 0 aliphatic heterocycles. The molecule has 1 aromatic heterocycles. The van der Waals surface area contributed by atoms with Gasteiger partial charge in [-0.3, -0.25) is 9.59 Å². The third-order valence-corrected chi connectivity index (χ3v) is 5.11. The number of benzene rings is 2. The van der Waals surface area contributed by atoms with Crippen molar-refractivity contribution in [2.75, 3.05) is 19.0 Å². The summed E-state index contributed by atoms with van der Waals surface area (Å²) in [5.74, 6) is -0.275. The van der Waals surface area contributed by atoms with Crippen molar-refractivity contribution in [3.05, 3.63) is 76.3 Å². The molecular formula is C21H18F3N3O3S. The second-order valence-electron chi connectivity index (χ2n) is 6.47. The minimum Gasteiger partial charge on any atom is -0.497 e. The lowest BCUT2D eigenvalue weighted by Gasteiger charge is -2.08. The fourth-order valence-electron chi connectivity index (χ4n) is 2.67. The molecule has 2 amide bonds. The summed E-state index contributed by atoms with van der Waals surface area (Å²) in [6.45, 7) is -0.257. The molecule has 2 N–H and O–H groups in total. The summed E-state index contributed by atoms with van der Waals surface area (Å²) in [7, 11) is 1.52. The predicted octanol–water partition coefficient (Wildman–Crippen LogP) is 4.13. The van der Waals surface area contributed by atoms with Crippen LogP contribution in [0.3, 0.4) is 0 Å². The minimum absolute atomic E-state index is 0.256. The number of anilines is 1. The van der Waals surface area contributed by atoms with E-state index in [0.29, 0.717) is 26.9 Å². The fourth-order valence-corrected chi connectivity index (χ4v) is 3.54. The molecule has 0 aliphatic carbocycles. The first-order valence-electron chi connectivity index (χ1n) is 9.07. The first kappa shape index (κ1) is 22.3. The Bertz CT molecular complexity index is 1070. The van der Waals surface area contributed by atoms with Gasteiger partial charge in [0, 0.05) is 23.1 Å². The van der Waals surface area contributed by atoms with Crippen LogP contribution in [0.2, 0.25) is 0 Å². The van der Waals surface area contributed by atoms with Crippen LogP contribution in [-0.4, -0.2) is 30.5 Å². The monoisotopic (exact) mass is 449 g/mol. The highest BCUT2D eigenvalue weighted by atomic mass is 32.1. The van der Waals surface area contributed by atoms with E-state index in [4.69, 9.17) is 4.74 Å². The van der Waals surface area contributed by atoms with Crippen LogP contribution in [-0.2, 0) is 17.4 Å². The number of hydrogen-bond donors (Lipinski definition) is 2. The molecule has 6 nitrogen and oxygen atoms in total. The van der Waals surface area contributed by atoms with Gasteiger partial charge in [0.15, 0.2) is 5.13 Å². The molecule has 3 aromatic rings. The summed E-state index contributed by atoms with van der Waals surface area (Å²) in [4.78, 5) is 28.9. The molecule has 0 unspecified atom stereocenters. The van der Waals surface area contributed by atoms with Gasteiger partial charge in [-0.1, -0.05) is 18.2 Å². The normalized spacial score (nSPS) is 11.1. The Hall–Kier alpha value is -3.40. The van der Waals surface area contributed by atoms with Crippen molar-refractivity contribution in [2.24, 2.45) is 0 Å². The number of ether oxygens (including phenoxy) is 1. The molecule has 0 aliphatic rings. The molecule has 0 atom stereocenters. The van der Waals surface area contributed by atoms with E-state index in [0.717, 1.165) is 23.5 Å². The van der Waals surface area contributed by atoms with Gasteiger partial charge in [0.25, 0.3) is 5.91 Å². The lowest BCUT2D eigenvalue weighted by atomic mass is 10.1. The van der Waals surface area contributed by atoms with Crippen LogP contribution >= 0.6 is 11.3 Å². The molecule has 162 valence electrons. The van der Waals surface area contributed by atoms with E-state index in [9.17, 15) is 22.8 Å². The quantitative estimate of drug-likeness (QED) is 0.569. The van der Waals surface area contributed by atoms with Crippen molar-refractivity contribution >= 4 is 28.3 Å². The average Bonchev–Trinajstić information content (AvgIpc) is 3.18. The molecular weight excluding hydrogens is 431 g/mol. The Kier molecular flexibility index (Phi) is 6.91. The number of carbonyl (C=O) groups is 2. The van der Waals surface area contributed by atoms with Crippen LogP contribution in [0.4, 0.5) is 18.3 Å². The maximum Gasteiger partial charge on any atom is 0.416 e. The Morgan fingerprint density at radius 3 is 2.55 bits per heavy atom.